The Hall–Kier alpha value is -1.79. The predicted octanol–water partition coefficient (Wildman–Crippen LogP) is 2.01. The van der Waals surface area contributed by atoms with Crippen molar-refractivity contribution in [2.75, 3.05) is 24.5 Å². The molecule has 4 N–H and O–H groups in total. The second kappa shape index (κ2) is 5.91. The van der Waals surface area contributed by atoms with Crippen molar-refractivity contribution in [2.24, 2.45) is 11.7 Å². The van der Waals surface area contributed by atoms with Crippen LogP contribution >= 0.6 is 11.6 Å². The zero-order valence-electron chi connectivity index (χ0n) is 11.6. The molecular weight excluding hydrogens is 290 g/mol. The van der Waals surface area contributed by atoms with Gasteiger partial charge in [0.15, 0.2) is 5.82 Å². The molecule has 1 aromatic heterocycles. The van der Waals surface area contributed by atoms with E-state index in [9.17, 15) is 5.11 Å². The predicted molar refractivity (Wildman–Crippen MR) is 82.5 cm³/mol. The lowest BCUT2D eigenvalue weighted by Gasteiger charge is -2.31. The Labute approximate surface area is 127 Å². The van der Waals surface area contributed by atoms with Crippen LogP contribution in [0.3, 0.4) is 0 Å². The quantitative estimate of drug-likeness (QED) is 0.807. The van der Waals surface area contributed by atoms with E-state index in [4.69, 9.17) is 17.3 Å². The first-order valence-electron chi connectivity index (χ1n) is 7.03. The molecular formula is C14H18ClN5O. The van der Waals surface area contributed by atoms with Crippen molar-refractivity contribution in [3.05, 3.63) is 23.2 Å². The first-order valence-corrected chi connectivity index (χ1v) is 7.41. The minimum atomic E-state index is 0.0574. The molecule has 21 heavy (non-hydrogen) atoms. The van der Waals surface area contributed by atoms with Crippen LogP contribution < -0.4 is 10.6 Å². The van der Waals surface area contributed by atoms with Crippen molar-refractivity contribution in [3.8, 4) is 17.1 Å². The number of H-pyrrole nitrogens is 1. The summed E-state index contributed by atoms with van der Waals surface area (Å²) in [5, 5.41) is 17.0. The molecule has 0 spiro atoms. The number of piperidine rings is 1. The normalized spacial score (nSPS) is 19.0. The molecule has 0 bridgehead atoms. The summed E-state index contributed by atoms with van der Waals surface area (Å²) in [6.45, 7) is 2.54. The fraction of sp³-hybridized carbons (Fsp3) is 0.429. The minimum absolute atomic E-state index is 0.0574. The van der Waals surface area contributed by atoms with Gasteiger partial charge in [0.2, 0.25) is 5.95 Å². The van der Waals surface area contributed by atoms with E-state index in [0.717, 1.165) is 31.5 Å². The highest BCUT2D eigenvalue weighted by atomic mass is 35.5. The summed E-state index contributed by atoms with van der Waals surface area (Å²) in [5.74, 6) is 1.89. The number of aromatic amines is 1. The van der Waals surface area contributed by atoms with E-state index < -0.39 is 0 Å². The van der Waals surface area contributed by atoms with Gasteiger partial charge in [-0.1, -0.05) is 11.6 Å². The fourth-order valence-electron chi connectivity index (χ4n) is 2.62. The van der Waals surface area contributed by atoms with E-state index in [1.807, 2.05) is 0 Å². The summed E-state index contributed by atoms with van der Waals surface area (Å²) in [4.78, 5) is 6.68. The van der Waals surface area contributed by atoms with Crippen molar-refractivity contribution >= 4 is 17.5 Å². The number of aromatic hydroxyl groups is 1. The molecule has 1 aromatic carbocycles. The molecule has 2 heterocycles. The molecule has 3 rings (SSSR count). The maximum Gasteiger partial charge on any atom is 0.245 e. The maximum absolute atomic E-state index is 9.46. The average molecular weight is 308 g/mol. The van der Waals surface area contributed by atoms with Gasteiger partial charge in [0.05, 0.1) is 5.02 Å². The van der Waals surface area contributed by atoms with Crippen molar-refractivity contribution in [1.82, 2.24) is 15.2 Å². The van der Waals surface area contributed by atoms with Gasteiger partial charge in [0.25, 0.3) is 0 Å². The first kappa shape index (κ1) is 14.2. The number of halogens is 1. The zero-order chi connectivity index (χ0) is 14.8. The third-order valence-electron chi connectivity index (χ3n) is 3.83. The molecule has 112 valence electrons. The monoisotopic (exact) mass is 307 g/mol. The first-order chi connectivity index (χ1) is 10.2. The van der Waals surface area contributed by atoms with Gasteiger partial charge < -0.3 is 15.7 Å². The van der Waals surface area contributed by atoms with Crippen molar-refractivity contribution in [2.45, 2.75) is 12.8 Å². The molecule has 1 aliphatic heterocycles. The fourth-order valence-corrected chi connectivity index (χ4v) is 2.80. The highest BCUT2D eigenvalue weighted by Crippen LogP contribution is 2.28. The Morgan fingerprint density at radius 1 is 1.48 bits per heavy atom. The summed E-state index contributed by atoms with van der Waals surface area (Å²) >= 11 is 5.92. The van der Waals surface area contributed by atoms with E-state index in [1.54, 1.807) is 18.2 Å². The SMILES string of the molecule is NCC1CCCN(c2n[nH]c(-c3ccc(O)c(Cl)c3)n2)C1. The lowest BCUT2D eigenvalue weighted by atomic mass is 9.99. The Morgan fingerprint density at radius 2 is 2.33 bits per heavy atom. The highest BCUT2D eigenvalue weighted by Gasteiger charge is 2.22. The van der Waals surface area contributed by atoms with Crippen LogP contribution in [0.15, 0.2) is 18.2 Å². The lowest BCUT2D eigenvalue weighted by molar-refractivity contribution is 0.420. The van der Waals surface area contributed by atoms with Gasteiger partial charge in [-0.2, -0.15) is 4.98 Å². The number of benzene rings is 1. The molecule has 0 amide bonds. The number of aromatic nitrogens is 3. The highest BCUT2D eigenvalue weighted by molar-refractivity contribution is 6.32. The van der Waals surface area contributed by atoms with Gasteiger partial charge in [0, 0.05) is 18.7 Å². The van der Waals surface area contributed by atoms with Crippen LogP contribution in [0.5, 0.6) is 5.75 Å². The van der Waals surface area contributed by atoms with Crippen LogP contribution in [0, 0.1) is 5.92 Å². The number of nitrogens with one attached hydrogen (secondary N) is 1. The number of hydrogen-bond donors (Lipinski definition) is 3. The summed E-state index contributed by atoms with van der Waals surface area (Å²) < 4.78 is 0. The Bertz CT molecular complexity index is 630. The zero-order valence-corrected chi connectivity index (χ0v) is 12.3. The standard InChI is InChI=1S/C14H18ClN5O/c15-11-6-10(3-4-12(11)21)13-17-14(19-18-13)20-5-1-2-9(7-16)8-20/h3-4,6,9,21H,1-2,5,7-8,16H2,(H,17,18,19). The van der Waals surface area contributed by atoms with Gasteiger partial charge >= 0.3 is 0 Å². The molecule has 1 unspecified atom stereocenters. The Morgan fingerprint density at radius 3 is 3.10 bits per heavy atom. The summed E-state index contributed by atoms with van der Waals surface area (Å²) in [6, 6.07) is 4.97. The third kappa shape index (κ3) is 2.96. The summed E-state index contributed by atoms with van der Waals surface area (Å²) in [7, 11) is 0. The number of hydrogen-bond acceptors (Lipinski definition) is 5. The van der Waals surface area contributed by atoms with E-state index in [0.29, 0.717) is 29.3 Å². The van der Waals surface area contributed by atoms with E-state index >= 15 is 0 Å². The number of phenols is 1. The van der Waals surface area contributed by atoms with Crippen LogP contribution in [0.2, 0.25) is 5.02 Å². The molecule has 2 aromatic rings. The van der Waals surface area contributed by atoms with Crippen LogP contribution in [-0.2, 0) is 0 Å². The molecule has 7 heteroatoms. The molecule has 1 saturated heterocycles. The molecule has 0 aliphatic carbocycles. The molecule has 1 aliphatic rings. The Balaban J connectivity index is 1.81. The van der Waals surface area contributed by atoms with Gasteiger partial charge in [-0.3, -0.25) is 5.10 Å². The van der Waals surface area contributed by atoms with Gasteiger partial charge in [0.1, 0.15) is 5.75 Å². The largest absolute Gasteiger partial charge is 0.506 e. The van der Waals surface area contributed by atoms with Crippen molar-refractivity contribution < 1.29 is 5.11 Å². The molecule has 1 atom stereocenters. The second-order valence-electron chi connectivity index (χ2n) is 5.34. The molecule has 6 nitrogen and oxygen atoms in total. The summed E-state index contributed by atoms with van der Waals surface area (Å²) in [5.41, 5.74) is 6.55. The van der Waals surface area contributed by atoms with E-state index in [1.165, 1.54) is 0 Å². The van der Waals surface area contributed by atoms with Crippen LogP contribution in [-0.4, -0.2) is 39.9 Å². The average Bonchev–Trinajstić information content (AvgIpc) is 3.00. The lowest BCUT2D eigenvalue weighted by Crippen LogP contribution is -2.38. The van der Waals surface area contributed by atoms with E-state index in [-0.39, 0.29) is 5.75 Å². The van der Waals surface area contributed by atoms with Crippen molar-refractivity contribution in [1.29, 1.82) is 0 Å². The van der Waals surface area contributed by atoms with Crippen LogP contribution in [0.1, 0.15) is 12.8 Å². The molecule has 0 radical (unpaired) electrons. The van der Waals surface area contributed by atoms with Gasteiger partial charge in [-0.25, -0.2) is 0 Å². The third-order valence-corrected chi connectivity index (χ3v) is 4.13. The van der Waals surface area contributed by atoms with Gasteiger partial charge in [-0.15, -0.1) is 5.10 Å². The second-order valence-corrected chi connectivity index (χ2v) is 5.75. The summed E-state index contributed by atoms with van der Waals surface area (Å²) in [6.07, 6.45) is 2.27. The van der Waals surface area contributed by atoms with Gasteiger partial charge in [-0.05, 0) is 43.5 Å². The topological polar surface area (TPSA) is 91.1 Å². The van der Waals surface area contributed by atoms with Crippen LogP contribution in [0.4, 0.5) is 5.95 Å². The number of phenolic OH excluding ortho intramolecular Hbond substituents is 1. The van der Waals surface area contributed by atoms with E-state index in [2.05, 4.69) is 20.1 Å². The number of rotatable bonds is 3. The molecule has 1 fully saturated rings. The van der Waals surface area contributed by atoms with Crippen molar-refractivity contribution in [3.63, 3.8) is 0 Å². The number of anilines is 1. The van der Waals surface area contributed by atoms with Crippen LogP contribution in [0.25, 0.3) is 11.4 Å². The number of nitrogens with zero attached hydrogens (tertiary/aromatic N) is 3. The minimum Gasteiger partial charge on any atom is -0.506 e. The molecule has 0 saturated carbocycles. The maximum atomic E-state index is 9.46. The number of nitrogens with two attached hydrogens (primary N) is 1. The Kier molecular flexibility index (Phi) is 3.98. The smallest absolute Gasteiger partial charge is 0.245 e.